The summed E-state index contributed by atoms with van der Waals surface area (Å²) in [6, 6.07) is 10.3. The molecule has 0 amide bonds. The summed E-state index contributed by atoms with van der Waals surface area (Å²) in [7, 11) is -3.50. The van der Waals surface area contributed by atoms with Crippen LogP contribution < -0.4 is 0 Å². The molecule has 0 aliphatic carbocycles. The highest BCUT2D eigenvalue weighted by Gasteiger charge is 2.21. The third kappa shape index (κ3) is 4.07. The van der Waals surface area contributed by atoms with E-state index in [1.807, 2.05) is 6.07 Å². The Morgan fingerprint density at radius 1 is 1.17 bits per heavy atom. The van der Waals surface area contributed by atoms with Gasteiger partial charge in [0, 0.05) is 19.3 Å². The van der Waals surface area contributed by atoms with Crippen molar-refractivity contribution < 1.29 is 8.42 Å². The van der Waals surface area contributed by atoms with Crippen LogP contribution in [-0.4, -0.2) is 35.8 Å². The number of sulfonamides is 1. The van der Waals surface area contributed by atoms with E-state index in [-0.39, 0.29) is 4.90 Å². The molecule has 0 fully saturated rings. The van der Waals surface area contributed by atoms with E-state index in [0.29, 0.717) is 28.8 Å². The summed E-state index contributed by atoms with van der Waals surface area (Å²) in [6.07, 6.45) is 1.35. The second-order valence-electron chi connectivity index (χ2n) is 4.50. The van der Waals surface area contributed by atoms with Crippen molar-refractivity contribution in [2.45, 2.75) is 28.8 Å². The summed E-state index contributed by atoms with van der Waals surface area (Å²) in [5, 5.41) is 10.1. The van der Waals surface area contributed by atoms with Crippen LogP contribution in [0.2, 0.25) is 0 Å². The first-order chi connectivity index (χ1) is 11.0. The summed E-state index contributed by atoms with van der Waals surface area (Å²) < 4.78 is 26.1. The van der Waals surface area contributed by atoms with Gasteiger partial charge in [-0.15, -0.1) is 0 Å². The van der Waals surface area contributed by atoms with Crippen LogP contribution in [0.15, 0.2) is 51.5 Å². The first-order valence-electron chi connectivity index (χ1n) is 7.02. The first-order valence-corrected chi connectivity index (χ1v) is 9.28. The van der Waals surface area contributed by atoms with Crippen molar-refractivity contribution in [3.8, 4) is 6.07 Å². The van der Waals surface area contributed by atoms with Crippen molar-refractivity contribution in [1.82, 2.24) is 14.3 Å². The van der Waals surface area contributed by atoms with Gasteiger partial charge in [0.1, 0.15) is 26.7 Å². The minimum Gasteiger partial charge on any atom is -0.248 e. The maximum Gasteiger partial charge on any atom is 0.244 e. The molecule has 0 aliphatic heterocycles. The van der Waals surface area contributed by atoms with Gasteiger partial charge in [-0.3, -0.25) is 0 Å². The Kier molecular flexibility index (Phi) is 5.71. The van der Waals surface area contributed by atoms with Gasteiger partial charge in [0.2, 0.25) is 10.0 Å². The second kappa shape index (κ2) is 7.55. The lowest BCUT2D eigenvalue weighted by atomic mass is 10.4. The van der Waals surface area contributed by atoms with Crippen LogP contribution in [0.3, 0.4) is 0 Å². The Morgan fingerprint density at radius 2 is 1.91 bits per heavy atom. The van der Waals surface area contributed by atoms with Gasteiger partial charge in [0.15, 0.2) is 0 Å². The van der Waals surface area contributed by atoms with Gasteiger partial charge in [-0.2, -0.15) is 9.57 Å². The van der Waals surface area contributed by atoms with Gasteiger partial charge in [0.25, 0.3) is 0 Å². The molecule has 8 heteroatoms. The Morgan fingerprint density at radius 3 is 2.48 bits per heavy atom. The zero-order chi connectivity index (χ0) is 16.9. The highest BCUT2D eigenvalue weighted by molar-refractivity contribution is 7.99. The largest absolute Gasteiger partial charge is 0.248 e. The minimum absolute atomic E-state index is 0.171. The fourth-order valence-electron chi connectivity index (χ4n) is 1.93. The predicted octanol–water partition coefficient (Wildman–Crippen LogP) is 2.53. The van der Waals surface area contributed by atoms with Gasteiger partial charge in [0.05, 0.1) is 0 Å². The third-order valence-corrected chi connectivity index (χ3v) is 6.02. The van der Waals surface area contributed by atoms with Crippen LogP contribution in [0.5, 0.6) is 0 Å². The first kappa shape index (κ1) is 17.4. The summed E-state index contributed by atoms with van der Waals surface area (Å²) in [6.45, 7) is 4.43. The number of hydrogen-bond donors (Lipinski definition) is 0. The van der Waals surface area contributed by atoms with E-state index in [1.165, 1.54) is 28.3 Å². The molecule has 0 N–H and O–H groups in total. The second-order valence-corrected chi connectivity index (χ2v) is 7.48. The van der Waals surface area contributed by atoms with Crippen molar-refractivity contribution in [2.24, 2.45) is 0 Å². The standard InChI is InChI=1S/C15H16N4O2S2/c1-3-19(4-2)23(20,21)13-8-9-14(17-11-13)22-15-7-5-6-12(10-16)18-15/h5-9,11H,3-4H2,1-2H3. The highest BCUT2D eigenvalue weighted by atomic mass is 32.2. The third-order valence-electron chi connectivity index (χ3n) is 3.10. The molecule has 2 heterocycles. The molecular formula is C15H16N4O2S2. The highest BCUT2D eigenvalue weighted by Crippen LogP contribution is 2.25. The fraction of sp³-hybridized carbons (Fsp3) is 0.267. The van der Waals surface area contributed by atoms with Gasteiger partial charge >= 0.3 is 0 Å². The minimum atomic E-state index is -3.50. The zero-order valence-corrected chi connectivity index (χ0v) is 14.4. The van der Waals surface area contributed by atoms with E-state index in [1.54, 1.807) is 38.1 Å². The maximum atomic E-state index is 12.4. The van der Waals surface area contributed by atoms with Crippen molar-refractivity contribution in [1.29, 1.82) is 5.26 Å². The summed E-state index contributed by atoms with van der Waals surface area (Å²) in [4.78, 5) is 8.50. The average Bonchev–Trinajstić information content (AvgIpc) is 2.56. The molecule has 0 bridgehead atoms. The number of hydrogen-bond acceptors (Lipinski definition) is 6. The molecule has 2 aromatic heterocycles. The molecule has 2 aromatic rings. The Balaban J connectivity index is 2.21. The SMILES string of the molecule is CCN(CC)S(=O)(=O)c1ccc(Sc2cccc(C#N)n2)nc1. The molecule has 0 spiro atoms. The smallest absolute Gasteiger partial charge is 0.244 e. The van der Waals surface area contributed by atoms with Crippen molar-refractivity contribution in [2.75, 3.05) is 13.1 Å². The number of nitriles is 1. The Bertz CT molecular complexity index is 810. The monoisotopic (exact) mass is 348 g/mol. The van der Waals surface area contributed by atoms with E-state index in [9.17, 15) is 8.42 Å². The van der Waals surface area contributed by atoms with Crippen molar-refractivity contribution >= 4 is 21.8 Å². The molecule has 23 heavy (non-hydrogen) atoms. The number of pyridine rings is 2. The molecule has 0 saturated carbocycles. The molecule has 0 saturated heterocycles. The summed E-state index contributed by atoms with van der Waals surface area (Å²) in [5.74, 6) is 0. The number of nitrogens with zero attached hydrogens (tertiary/aromatic N) is 4. The normalized spacial score (nSPS) is 11.4. The lowest BCUT2D eigenvalue weighted by molar-refractivity contribution is 0.445. The van der Waals surface area contributed by atoms with Gasteiger partial charge in [-0.1, -0.05) is 31.7 Å². The average molecular weight is 348 g/mol. The van der Waals surface area contributed by atoms with E-state index >= 15 is 0 Å². The van der Waals surface area contributed by atoms with E-state index in [2.05, 4.69) is 9.97 Å². The topological polar surface area (TPSA) is 87.0 Å². The molecular weight excluding hydrogens is 332 g/mol. The molecule has 0 unspecified atom stereocenters. The van der Waals surface area contributed by atoms with Crippen LogP contribution >= 0.6 is 11.8 Å². The molecule has 6 nitrogen and oxygen atoms in total. The van der Waals surface area contributed by atoms with E-state index in [4.69, 9.17) is 5.26 Å². The number of rotatable bonds is 6. The van der Waals surface area contributed by atoms with Crippen LogP contribution in [-0.2, 0) is 10.0 Å². The summed E-state index contributed by atoms with van der Waals surface area (Å²) >= 11 is 1.27. The summed E-state index contributed by atoms with van der Waals surface area (Å²) in [5.41, 5.74) is 0.329. The van der Waals surface area contributed by atoms with Crippen molar-refractivity contribution in [3.63, 3.8) is 0 Å². The molecule has 0 radical (unpaired) electrons. The zero-order valence-electron chi connectivity index (χ0n) is 12.8. The van der Waals surface area contributed by atoms with Crippen LogP contribution in [0.25, 0.3) is 0 Å². The Labute approximate surface area is 140 Å². The molecule has 0 atom stereocenters. The van der Waals surface area contributed by atoms with Gasteiger partial charge in [-0.05, 0) is 24.3 Å². The molecule has 0 aliphatic rings. The van der Waals surface area contributed by atoms with Gasteiger partial charge < -0.3 is 0 Å². The van der Waals surface area contributed by atoms with Crippen molar-refractivity contribution in [3.05, 3.63) is 42.2 Å². The van der Waals surface area contributed by atoms with E-state index < -0.39 is 10.0 Å². The maximum absolute atomic E-state index is 12.4. The lowest BCUT2D eigenvalue weighted by Gasteiger charge is -2.18. The lowest BCUT2D eigenvalue weighted by Crippen LogP contribution is -2.30. The van der Waals surface area contributed by atoms with Crippen LogP contribution in [0.1, 0.15) is 19.5 Å². The Hall–Kier alpha value is -1.95. The molecule has 2 rings (SSSR count). The van der Waals surface area contributed by atoms with E-state index in [0.717, 1.165) is 0 Å². The van der Waals surface area contributed by atoms with Crippen LogP contribution in [0, 0.1) is 11.3 Å². The molecule has 120 valence electrons. The fourth-order valence-corrected chi connectivity index (χ4v) is 4.08. The van der Waals surface area contributed by atoms with Crippen LogP contribution in [0.4, 0.5) is 0 Å². The quantitative estimate of drug-likeness (QED) is 0.797. The van der Waals surface area contributed by atoms with Gasteiger partial charge in [-0.25, -0.2) is 18.4 Å². The number of aromatic nitrogens is 2. The molecule has 0 aromatic carbocycles. The predicted molar refractivity (Wildman–Crippen MR) is 87.4 cm³/mol.